The van der Waals surface area contributed by atoms with E-state index in [0.717, 1.165) is 0 Å². The molecule has 1 aromatic carbocycles. The van der Waals surface area contributed by atoms with Gasteiger partial charge in [-0.05, 0) is 12.1 Å². The van der Waals surface area contributed by atoms with E-state index in [1.807, 2.05) is 0 Å². The largest absolute Gasteiger partial charge is 0.493 e. The van der Waals surface area contributed by atoms with Gasteiger partial charge in [0.1, 0.15) is 0 Å². The lowest BCUT2D eigenvalue weighted by molar-refractivity contribution is 0.0995. The van der Waals surface area contributed by atoms with E-state index in [1.165, 1.54) is 7.11 Å². The van der Waals surface area contributed by atoms with E-state index in [0.29, 0.717) is 22.6 Å². The molecule has 5 nitrogen and oxygen atoms in total. The van der Waals surface area contributed by atoms with Crippen LogP contribution in [-0.4, -0.2) is 33.7 Å². The molecule has 5 heteroatoms. The lowest BCUT2D eigenvalue weighted by atomic mass is 10.0. The number of carbonyl (C=O) groups is 1. The van der Waals surface area contributed by atoms with Gasteiger partial charge >= 0.3 is 0 Å². The van der Waals surface area contributed by atoms with Crippen molar-refractivity contribution in [3.8, 4) is 11.5 Å². The molecule has 0 fully saturated rings. The predicted octanol–water partition coefficient (Wildman–Crippen LogP) is 0.992. The average molecular weight is 239 g/mol. The average Bonchev–Trinajstić information content (AvgIpc) is 2.37. The van der Waals surface area contributed by atoms with Crippen LogP contribution in [0.5, 0.6) is 11.5 Å². The summed E-state index contributed by atoms with van der Waals surface area (Å²) in [7, 11) is 4.61. The fraction of sp³-hybridized carbons (Fsp3) is 0.417. The Balaban J connectivity index is 3.35. The Labute approximate surface area is 100 Å². The van der Waals surface area contributed by atoms with Crippen LogP contribution in [0.15, 0.2) is 12.1 Å². The monoisotopic (exact) mass is 239 g/mol. The van der Waals surface area contributed by atoms with Gasteiger partial charge in [-0.15, -0.1) is 0 Å². The molecular formula is C12H17NO4. The van der Waals surface area contributed by atoms with Crippen LogP contribution >= 0.6 is 0 Å². The van der Waals surface area contributed by atoms with E-state index in [-0.39, 0.29) is 18.9 Å². The maximum absolute atomic E-state index is 11.7. The zero-order valence-corrected chi connectivity index (χ0v) is 10.3. The fourth-order valence-corrected chi connectivity index (χ4v) is 1.65. The zero-order valence-electron chi connectivity index (χ0n) is 10.3. The molecule has 94 valence electrons. The molecule has 1 aromatic rings. The summed E-state index contributed by atoms with van der Waals surface area (Å²) in [5.41, 5.74) is 6.53. The Morgan fingerprint density at radius 3 is 2.41 bits per heavy atom. The van der Waals surface area contributed by atoms with Crippen LogP contribution in [0.4, 0.5) is 0 Å². The summed E-state index contributed by atoms with van der Waals surface area (Å²) in [6.45, 7) is 0.216. The molecule has 0 aliphatic heterocycles. The number of hydrogen-bond acceptors (Lipinski definition) is 5. The van der Waals surface area contributed by atoms with Crippen molar-refractivity contribution in [1.29, 1.82) is 0 Å². The molecule has 0 atom stereocenters. The minimum atomic E-state index is -0.155. The van der Waals surface area contributed by atoms with Crippen molar-refractivity contribution >= 4 is 5.78 Å². The highest BCUT2D eigenvalue weighted by Crippen LogP contribution is 2.34. The first-order valence-corrected chi connectivity index (χ1v) is 5.15. The number of carbonyl (C=O) groups excluding carboxylic acids is 1. The van der Waals surface area contributed by atoms with Gasteiger partial charge < -0.3 is 19.9 Å². The first kappa shape index (κ1) is 13.5. The van der Waals surface area contributed by atoms with Crippen LogP contribution in [0, 0.1) is 0 Å². The van der Waals surface area contributed by atoms with Crippen LogP contribution in [0.25, 0.3) is 0 Å². The Hall–Kier alpha value is -1.59. The van der Waals surface area contributed by atoms with Crippen molar-refractivity contribution in [2.24, 2.45) is 5.73 Å². The number of Topliss-reactive ketones (excluding diaryl/α,β-unsaturated/α-hetero) is 1. The van der Waals surface area contributed by atoms with Crippen molar-refractivity contribution in [2.75, 3.05) is 27.9 Å². The van der Waals surface area contributed by atoms with Gasteiger partial charge in [-0.1, -0.05) is 0 Å². The summed E-state index contributed by atoms with van der Waals surface area (Å²) in [4.78, 5) is 11.7. The summed E-state index contributed by atoms with van der Waals surface area (Å²) in [6, 6.07) is 3.35. The molecule has 0 radical (unpaired) electrons. The van der Waals surface area contributed by atoms with E-state index in [4.69, 9.17) is 19.9 Å². The summed E-state index contributed by atoms with van der Waals surface area (Å²) in [5, 5.41) is 0. The van der Waals surface area contributed by atoms with Crippen LogP contribution in [-0.2, 0) is 11.3 Å². The van der Waals surface area contributed by atoms with Crippen molar-refractivity contribution in [1.82, 2.24) is 0 Å². The van der Waals surface area contributed by atoms with Gasteiger partial charge in [0, 0.05) is 18.2 Å². The van der Waals surface area contributed by atoms with Gasteiger partial charge in [0.15, 0.2) is 17.3 Å². The van der Waals surface area contributed by atoms with E-state index in [1.54, 1.807) is 26.4 Å². The highest BCUT2D eigenvalue weighted by Gasteiger charge is 2.18. The SMILES string of the molecule is COCc1c(C(=O)CN)ccc(OC)c1OC. The van der Waals surface area contributed by atoms with Crippen LogP contribution in [0.3, 0.4) is 0 Å². The molecule has 0 aromatic heterocycles. The molecular weight excluding hydrogens is 222 g/mol. The fourth-order valence-electron chi connectivity index (χ4n) is 1.65. The van der Waals surface area contributed by atoms with Gasteiger partial charge in [0.2, 0.25) is 0 Å². The molecule has 0 aliphatic carbocycles. The number of ketones is 1. The van der Waals surface area contributed by atoms with E-state index >= 15 is 0 Å². The normalized spacial score (nSPS) is 10.1. The first-order valence-electron chi connectivity index (χ1n) is 5.15. The van der Waals surface area contributed by atoms with E-state index < -0.39 is 0 Å². The van der Waals surface area contributed by atoms with E-state index in [9.17, 15) is 4.79 Å². The standard InChI is InChI=1S/C12H17NO4/c1-15-7-9-8(10(14)6-13)4-5-11(16-2)12(9)17-3/h4-5H,6-7,13H2,1-3H3. The lowest BCUT2D eigenvalue weighted by Crippen LogP contribution is -2.16. The second kappa shape index (κ2) is 6.22. The molecule has 0 heterocycles. The molecule has 0 amide bonds. The highest BCUT2D eigenvalue weighted by atomic mass is 16.5. The topological polar surface area (TPSA) is 70.8 Å². The second-order valence-electron chi connectivity index (χ2n) is 3.39. The second-order valence-corrected chi connectivity index (χ2v) is 3.39. The zero-order chi connectivity index (χ0) is 12.8. The van der Waals surface area contributed by atoms with Gasteiger partial charge in [0.25, 0.3) is 0 Å². The molecule has 0 bridgehead atoms. The lowest BCUT2D eigenvalue weighted by Gasteiger charge is -2.15. The first-order chi connectivity index (χ1) is 8.19. The van der Waals surface area contributed by atoms with Crippen molar-refractivity contribution in [3.63, 3.8) is 0 Å². The van der Waals surface area contributed by atoms with Gasteiger partial charge in [-0.2, -0.15) is 0 Å². The molecule has 0 spiro atoms. The molecule has 0 aliphatic rings. The quantitative estimate of drug-likeness (QED) is 0.750. The van der Waals surface area contributed by atoms with Crippen molar-refractivity contribution in [3.05, 3.63) is 23.3 Å². The molecule has 2 N–H and O–H groups in total. The summed E-state index contributed by atoms with van der Waals surface area (Å²) >= 11 is 0. The minimum Gasteiger partial charge on any atom is -0.493 e. The Morgan fingerprint density at radius 1 is 1.24 bits per heavy atom. The highest BCUT2D eigenvalue weighted by molar-refractivity contribution is 5.99. The summed E-state index contributed by atoms with van der Waals surface area (Å²) in [5.74, 6) is 0.916. The predicted molar refractivity (Wildman–Crippen MR) is 63.6 cm³/mol. The number of nitrogens with two attached hydrogens (primary N) is 1. The number of ether oxygens (including phenoxy) is 3. The van der Waals surface area contributed by atoms with Crippen molar-refractivity contribution in [2.45, 2.75) is 6.61 Å². The maximum atomic E-state index is 11.7. The Bertz CT molecular complexity index is 404. The summed E-state index contributed by atoms with van der Waals surface area (Å²) < 4.78 is 15.5. The smallest absolute Gasteiger partial charge is 0.176 e. The molecule has 1 rings (SSSR count). The Kier molecular flexibility index (Phi) is 4.93. The van der Waals surface area contributed by atoms with Gasteiger partial charge in [-0.3, -0.25) is 4.79 Å². The molecule has 17 heavy (non-hydrogen) atoms. The maximum Gasteiger partial charge on any atom is 0.176 e. The van der Waals surface area contributed by atoms with Crippen LogP contribution in [0.1, 0.15) is 15.9 Å². The molecule has 0 saturated heterocycles. The number of hydrogen-bond donors (Lipinski definition) is 1. The van der Waals surface area contributed by atoms with Gasteiger partial charge in [-0.25, -0.2) is 0 Å². The number of benzene rings is 1. The van der Waals surface area contributed by atoms with Crippen molar-refractivity contribution < 1.29 is 19.0 Å². The molecule has 0 saturated carbocycles. The van der Waals surface area contributed by atoms with Crippen LogP contribution < -0.4 is 15.2 Å². The number of methoxy groups -OCH3 is 3. The number of rotatable bonds is 6. The Morgan fingerprint density at radius 2 is 1.94 bits per heavy atom. The molecule has 0 unspecified atom stereocenters. The summed E-state index contributed by atoms with van der Waals surface area (Å²) in [6.07, 6.45) is 0. The third-order valence-electron chi connectivity index (χ3n) is 2.42. The van der Waals surface area contributed by atoms with Crippen LogP contribution in [0.2, 0.25) is 0 Å². The third kappa shape index (κ3) is 2.75. The van der Waals surface area contributed by atoms with Gasteiger partial charge in [0.05, 0.1) is 27.4 Å². The van der Waals surface area contributed by atoms with E-state index in [2.05, 4.69) is 0 Å². The third-order valence-corrected chi connectivity index (χ3v) is 2.42. The minimum absolute atomic E-state index is 0.0494.